The minimum atomic E-state index is -1.03. The van der Waals surface area contributed by atoms with Crippen LogP contribution in [0, 0.1) is 0 Å². The standard InChI is InChI=1S/C17H21N3O5S/c1-3-24-16(25-4-2)12-7-5-11(6-8-12)10-18-20-17-19-15(23)13(26-17)9-14(21)22/h5-8,10,13,16H,3-4,9H2,1-2H3,(H,21,22)(H,19,20,23). The highest BCUT2D eigenvalue weighted by Crippen LogP contribution is 2.22. The van der Waals surface area contributed by atoms with Crippen LogP contribution in [-0.4, -0.2) is 46.8 Å². The third-order valence-electron chi connectivity index (χ3n) is 3.34. The molecular formula is C17H21N3O5S. The summed E-state index contributed by atoms with van der Waals surface area (Å²) < 4.78 is 11.1. The highest BCUT2D eigenvalue weighted by Gasteiger charge is 2.32. The molecule has 1 aliphatic heterocycles. The molecule has 2 N–H and O–H groups in total. The minimum absolute atomic E-state index is 0.248. The summed E-state index contributed by atoms with van der Waals surface area (Å²) in [5.41, 5.74) is 1.73. The van der Waals surface area contributed by atoms with Gasteiger partial charge in [0.2, 0.25) is 5.91 Å². The first kappa shape index (κ1) is 20.1. The Labute approximate surface area is 155 Å². The van der Waals surface area contributed by atoms with E-state index in [1.165, 1.54) is 0 Å². The van der Waals surface area contributed by atoms with Crippen LogP contribution in [0.25, 0.3) is 0 Å². The number of ether oxygens (including phenoxy) is 2. The quantitative estimate of drug-likeness (QED) is 0.386. The Kier molecular flexibility index (Phi) is 7.76. The van der Waals surface area contributed by atoms with Crippen LogP contribution in [0.1, 0.15) is 37.7 Å². The summed E-state index contributed by atoms with van der Waals surface area (Å²) >= 11 is 1.06. The van der Waals surface area contributed by atoms with E-state index >= 15 is 0 Å². The van der Waals surface area contributed by atoms with Gasteiger partial charge in [0, 0.05) is 18.8 Å². The maximum atomic E-state index is 11.6. The molecule has 1 aromatic carbocycles. The topological polar surface area (TPSA) is 110 Å². The van der Waals surface area contributed by atoms with E-state index in [2.05, 4.69) is 15.5 Å². The molecule has 1 unspecified atom stereocenters. The maximum Gasteiger partial charge on any atom is 0.305 e. The van der Waals surface area contributed by atoms with E-state index in [0.717, 1.165) is 22.9 Å². The molecule has 2 rings (SSSR count). The van der Waals surface area contributed by atoms with Crippen LogP contribution in [0.4, 0.5) is 0 Å². The van der Waals surface area contributed by atoms with Crippen molar-refractivity contribution in [3.05, 3.63) is 35.4 Å². The molecule has 0 saturated carbocycles. The highest BCUT2D eigenvalue weighted by molar-refractivity contribution is 8.15. The van der Waals surface area contributed by atoms with Gasteiger partial charge in [0.25, 0.3) is 0 Å². The van der Waals surface area contributed by atoms with E-state index in [4.69, 9.17) is 14.6 Å². The highest BCUT2D eigenvalue weighted by atomic mass is 32.2. The van der Waals surface area contributed by atoms with Crippen molar-refractivity contribution in [2.24, 2.45) is 10.2 Å². The van der Waals surface area contributed by atoms with Crippen LogP contribution >= 0.6 is 11.8 Å². The van der Waals surface area contributed by atoms with Gasteiger partial charge in [0.15, 0.2) is 11.5 Å². The zero-order chi connectivity index (χ0) is 18.9. The van der Waals surface area contributed by atoms with Crippen LogP contribution in [0.3, 0.4) is 0 Å². The van der Waals surface area contributed by atoms with Crippen molar-refractivity contribution in [2.75, 3.05) is 13.2 Å². The van der Waals surface area contributed by atoms with E-state index < -0.39 is 17.5 Å². The van der Waals surface area contributed by atoms with Gasteiger partial charge in [0.05, 0.1) is 12.6 Å². The Hall–Kier alpha value is -2.23. The van der Waals surface area contributed by atoms with Crippen molar-refractivity contribution < 1.29 is 24.2 Å². The summed E-state index contributed by atoms with van der Waals surface area (Å²) in [5, 5.41) is 18.7. The zero-order valence-corrected chi connectivity index (χ0v) is 15.4. The zero-order valence-electron chi connectivity index (χ0n) is 14.5. The second-order valence-corrected chi connectivity index (χ2v) is 6.44. The average molecular weight is 379 g/mol. The number of aliphatic carboxylic acids is 1. The second kappa shape index (κ2) is 10.0. The van der Waals surface area contributed by atoms with Crippen molar-refractivity contribution in [2.45, 2.75) is 31.8 Å². The smallest absolute Gasteiger partial charge is 0.305 e. The molecule has 1 atom stereocenters. The Bertz CT molecular complexity index is 684. The number of benzene rings is 1. The Balaban J connectivity index is 1.96. The van der Waals surface area contributed by atoms with Crippen LogP contribution in [0.15, 0.2) is 34.5 Å². The largest absolute Gasteiger partial charge is 0.481 e. The van der Waals surface area contributed by atoms with Gasteiger partial charge >= 0.3 is 5.97 Å². The lowest BCUT2D eigenvalue weighted by Crippen LogP contribution is -2.26. The molecule has 1 aliphatic rings. The van der Waals surface area contributed by atoms with Crippen LogP contribution in [0.2, 0.25) is 0 Å². The molecule has 1 fully saturated rings. The number of rotatable bonds is 9. The molecule has 0 aromatic heterocycles. The normalized spacial score (nSPS) is 18.8. The van der Waals surface area contributed by atoms with Crippen molar-refractivity contribution in [1.29, 1.82) is 0 Å². The van der Waals surface area contributed by atoms with Gasteiger partial charge in [-0.05, 0) is 19.4 Å². The first-order valence-electron chi connectivity index (χ1n) is 8.17. The van der Waals surface area contributed by atoms with Gasteiger partial charge < -0.3 is 19.9 Å². The molecule has 9 heteroatoms. The molecule has 0 spiro atoms. The third-order valence-corrected chi connectivity index (χ3v) is 4.41. The number of carbonyl (C=O) groups excluding carboxylic acids is 1. The molecule has 1 heterocycles. The number of nitrogens with one attached hydrogen (secondary N) is 1. The molecular weight excluding hydrogens is 358 g/mol. The van der Waals surface area contributed by atoms with E-state index in [-0.39, 0.29) is 12.3 Å². The van der Waals surface area contributed by atoms with Crippen molar-refractivity contribution >= 4 is 35.0 Å². The molecule has 1 saturated heterocycles. The van der Waals surface area contributed by atoms with Crippen LogP contribution in [-0.2, 0) is 19.1 Å². The van der Waals surface area contributed by atoms with E-state index in [9.17, 15) is 9.59 Å². The summed E-state index contributed by atoms with van der Waals surface area (Å²) in [7, 11) is 0. The summed E-state index contributed by atoms with van der Waals surface area (Å²) in [6, 6.07) is 7.49. The number of thioether (sulfide) groups is 1. The molecule has 0 aliphatic carbocycles. The SMILES string of the molecule is CCOC(OCC)c1ccc(C=NN=C2NC(=O)C(CC(=O)O)S2)cc1. The average Bonchev–Trinajstić information content (AvgIpc) is 2.94. The molecule has 140 valence electrons. The second-order valence-electron chi connectivity index (χ2n) is 5.25. The lowest BCUT2D eigenvalue weighted by molar-refractivity contribution is -0.140. The summed E-state index contributed by atoms with van der Waals surface area (Å²) in [5.74, 6) is -1.39. The predicted octanol–water partition coefficient (Wildman–Crippen LogP) is 2.15. The van der Waals surface area contributed by atoms with Gasteiger partial charge in [-0.25, -0.2) is 0 Å². The van der Waals surface area contributed by atoms with Gasteiger partial charge in [0.1, 0.15) is 5.25 Å². The first-order chi connectivity index (χ1) is 12.5. The number of hydrogen-bond acceptors (Lipinski definition) is 7. The fourth-order valence-corrected chi connectivity index (χ4v) is 3.09. The number of amidine groups is 1. The van der Waals surface area contributed by atoms with Crippen molar-refractivity contribution in [3.63, 3.8) is 0 Å². The number of amides is 1. The molecule has 1 aromatic rings. The summed E-state index contributed by atoms with van der Waals surface area (Å²) in [6.07, 6.45) is 0.902. The lowest BCUT2D eigenvalue weighted by atomic mass is 10.1. The number of carboxylic acids is 1. The fourth-order valence-electron chi connectivity index (χ4n) is 2.18. The summed E-state index contributed by atoms with van der Waals surface area (Å²) in [4.78, 5) is 22.3. The van der Waals surface area contributed by atoms with Crippen LogP contribution < -0.4 is 5.32 Å². The molecule has 1 amide bonds. The Morgan fingerprint density at radius 3 is 2.54 bits per heavy atom. The van der Waals surface area contributed by atoms with Gasteiger partial charge in [-0.15, -0.1) is 5.10 Å². The van der Waals surface area contributed by atoms with E-state index in [1.54, 1.807) is 6.21 Å². The number of nitrogens with zero attached hydrogens (tertiary/aromatic N) is 2. The number of hydrogen-bond donors (Lipinski definition) is 2. The molecule has 0 radical (unpaired) electrons. The number of carbonyl (C=O) groups is 2. The molecule has 0 bridgehead atoms. The monoisotopic (exact) mass is 379 g/mol. The maximum absolute atomic E-state index is 11.6. The van der Waals surface area contributed by atoms with Crippen molar-refractivity contribution in [3.8, 4) is 0 Å². The fraction of sp³-hybridized carbons (Fsp3) is 0.412. The van der Waals surface area contributed by atoms with Gasteiger partial charge in [-0.2, -0.15) is 5.10 Å². The van der Waals surface area contributed by atoms with E-state index in [0.29, 0.717) is 18.4 Å². The number of carboxylic acid groups (broad SMARTS) is 1. The lowest BCUT2D eigenvalue weighted by Gasteiger charge is -2.17. The first-order valence-corrected chi connectivity index (χ1v) is 9.05. The minimum Gasteiger partial charge on any atom is -0.481 e. The van der Waals surface area contributed by atoms with Crippen LogP contribution in [0.5, 0.6) is 0 Å². The molecule has 8 nitrogen and oxygen atoms in total. The third kappa shape index (κ3) is 5.94. The Morgan fingerprint density at radius 1 is 1.31 bits per heavy atom. The van der Waals surface area contributed by atoms with E-state index in [1.807, 2.05) is 38.1 Å². The van der Waals surface area contributed by atoms with Gasteiger partial charge in [-0.3, -0.25) is 9.59 Å². The Morgan fingerprint density at radius 2 is 1.96 bits per heavy atom. The summed E-state index contributed by atoms with van der Waals surface area (Å²) in [6.45, 7) is 4.93. The van der Waals surface area contributed by atoms with Gasteiger partial charge in [-0.1, -0.05) is 36.0 Å². The van der Waals surface area contributed by atoms with Crippen molar-refractivity contribution in [1.82, 2.24) is 5.32 Å². The predicted molar refractivity (Wildman–Crippen MR) is 99.2 cm³/mol. The molecule has 26 heavy (non-hydrogen) atoms.